The second-order valence-electron chi connectivity index (χ2n) is 4.40. The van der Waals surface area contributed by atoms with Gasteiger partial charge in [-0.15, -0.1) is 0 Å². The quantitative estimate of drug-likeness (QED) is 0.665. The third-order valence-electron chi connectivity index (χ3n) is 2.50. The molecule has 0 radical (unpaired) electrons. The first-order valence-corrected chi connectivity index (χ1v) is 7.66. The minimum absolute atomic E-state index is 0.161. The Hall–Kier alpha value is -2.81. The van der Waals surface area contributed by atoms with Gasteiger partial charge in [-0.3, -0.25) is 4.79 Å². The molecule has 0 bridgehead atoms. The van der Waals surface area contributed by atoms with Crippen molar-refractivity contribution in [2.24, 2.45) is 10.2 Å². The summed E-state index contributed by atoms with van der Waals surface area (Å²) in [6.07, 6.45) is 0. The third kappa shape index (κ3) is 5.83. The first kappa shape index (κ1) is 16.6. The van der Waals surface area contributed by atoms with Crippen LogP contribution >= 0.6 is 0 Å². The van der Waals surface area contributed by atoms with Crippen LogP contribution in [0.4, 0.5) is 20.9 Å². The van der Waals surface area contributed by atoms with Crippen LogP contribution in [0.3, 0.4) is 0 Å². The van der Waals surface area contributed by atoms with Gasteiger partial charge < -0.3 is 9.50 Å². The largest absolute Gasteiger partial charge is 0.488 e. The highest BCUT2D eigenvalue weighted by atomic mass is 32.3. The van der Waals surface area contributed by atoms with E-state index in [1.807, 2.05) is 0 Å². The van der Waals surface area contributed by atoms with Crippen molar-refractivity contribution in [2.45, 2.75) is 6.92 Å². The van der Waals surface area contributed by atoms with Gasteiger partial charge in [-0.05, 0) is 48.5 Å². The maximum Gasteiger partial charge on any atom is 0.488 e. The summed E-state index contributed by atoms with van der Waals surface area (Å²) in [6.45, 7) is 1.41. The smallest absolute Gasteiger partial charge is 0.358 e. The molecular formula is C14H12FN3O4S. The Labute approximate surface area is 132 Å². The minimum atomic E-state index is -5.04. The van der Waals surface area contributed by atoms with Gasteiger partial charge in [-0.2, -0.15) is 18.6 Å². The van der Waals surface area contributed by atoms with Crippen molar-refractivity contribution in [3.8, 4) is 5.75 Å². The zero-order valence-corrected chi connectivity index (χ0v) is 12.7. The van der Waals surface area contributed by atoms with Crippen LogP contribution in [0.2, 0.25) is 0 Å². The summed E-state index contributed by atoms with van der Waals surface area (Å²) >= 11 is 0. The van der Waals surface area contributed by atoms with Crippen molar-refractivity contribution in [1.82, 2.24) is 0 Å². The van der Waals surface area contributed by atoms with Crippen LogP contribution in [-0.2, 0) is 15.3 Å². The van der Waals surface area contributed by atoms with Crippen molar-refractivity contribution < 1.29 is 21.3 Å². The number of azo groups is 1. The molecule has 0 atom stereocenters. The highest BCUT2D eigenvalue weighted by Gasteiger charge is 2.08. The fraction of sp³-hybridized carbons (Fsp3) is 0.0714. The van der Waals surface area contributed by atoms with Crippen molar-refractivity contribution in [3.63, 3.8) is 0 Å². The highest BCUT2D eigenvalue weighted by molar-refractivity contribution is 7.81. The van der Waals surface area contributed by atoms with Gasteiger partial charge in [0.2, 0.25) is 5.91 Å². The predicted molar refractivity (Wildman–Crippen MR) is 82.0 cm³/mol. The number of hydrogen-bond acceptors (Lipinski definition) is 6. The summed E-state index contributed by atoms with van der Waals surface area (Å²) in [5, 5.41) is 10.5. The molecule has 0 unspecified atom stereocenters. The molecule has 1 amide bonds. The van der Waals surface area contributed by atoms with Crippen LogP contribution in [0.5, 0.6) is 5.75 Å². The molecule has 2 aromatic carbocycles. The number of halogens is 1. The topological polar surface area (TPSA) is 97.2 Å². The zero-order chi connectivity index (χ0) is 16.9. The minimum Gasteiger partial charge on any atom is -0.358 e. The lowest BCUT2D eigenvalue weighted by Gasteiger charge is -2.01. The standard InChI is InChI=1S/C14H12FN3O4S/c1-10(19)16-11-2-4-12(5-3-11)17-18-13-6-8-14(9-7-13)22-23(15,20)21/h2-9H,1H3,(H,16,19)/b18-17+. The lowest BCUT2D eigenvalue weighted by Crippen LogP contribution is -2.04. The number of carbonyl (C=O) groups excluding carboxylic acids is 1. The average molecular weight is 337 g/mol. The normalized spacial score (nSPS) is 11.4. The van der Waals surface area contributed by atoms with Crippen molar-refractivity contribution in [3.05, 3.63) is 48.5 Å². The molecule has 0 saturated heterocycles. The lowest BCUT2D eigenvalue weighted by molar-refractivity contribution is -0.114. The van der Waals surface area contributed by atoms with E-state index >= 15 is 0 Å². The molecular weight excluding hydrogens is 325 g/mol. The van der Waals surface area contributed by atoms with Crippen LogP contribution in [0.25, 0.3) is 0 Å². The molecule has 2 rings (SSSR count). The molecule has 7 nitrogen and oxygen atoms in total. The first-order valence-electron chi connectivity index (χ1n) is 6.35. The second kappa shape index (κ2) is 6.97. The summed E-state index contributed by atoms with van der Waals surface area (Å²) in [5.74, 6) is -0.330. The number of anilines is 1. The Morgan fingerprint density at radius 3 is 1.91 bits per heavy atom. The number of hydrogen-bond donors (Lipinski definition) is 1. The van der Waals surface area contributed by atoms with E-state index in [1.54, 1.807) is 24.3 Å². The van der Waals surface area contributed by atoms with E-state index in [1.165, 1.54) is 31.2 Å². The van der Waals surface area contributed by atoms with E-state index in [0.29, 0.717) is 17.1 Å². The van der Waals surface area contributed by atoms with Crippen molar-refractivity contribution in [2.75, 3.05) is 5.32 Å². The molecule has 0 spiro atoms. The molecule has 0 fully saturated rings. The maximum atomic E-state index is 12.3. The molecule has 2 aromatic rings. The predicted octanol–water partition coefficient (Wildman–Crippen LogP) is 3.65. The van der Waals surface area contributed by atoms with Gasteiger partial charge in [0.25, 0.3) is 0 Å². The van der Waals surface area contributed by atoms with Gasteiger partial charge in [-0.1, -0.05) is 3.89 Å². The Kier molecular flexibility index (Phi) is 5.02. The molecule has 0 heterocycles. The Morgan fingerprint density at radius 2 is 1.48 bits per heavy atom. The fourth-order valence-corrected chi connectivity index (χ4v) is 1.95. The summed E-state index contributed by atoms with van der Waals surface area (Å²) in [6, 6.07) is 12.1. The molecule has 1 N–H and O–H groups in total. The lowest BCUT2D eigenvalue weighted by atomic mass is 10.3. The maximum absolute atomic E-state index is 12.3. The zero-order valence-electron chi connectivity index (χ0n) is 11.9. The van der Waals surface area contributed by atoms with E-state index in [-0.39, 0.29) is 11.7 Å². The molecule has 120 valence electrons. The van der Waals surface area contributed by atoms with Crippen LogP contribution in [-0.4, -0.2) is 14.3 Å². The monoisotopic (exact) mass is 337 g/mol. The Bertz CT molecular complexity index is 818. The highest BCUT2D eigenvalue weighted by Crippen LogP contribution is 2.23. The van der Waals surface area contributed by atoms with Crippen LogP contribution < -0.4 is 9.50 Å². The molecule has 0 aliphatic rings. The summed E-state index contributed by atoms with van der Waals surface area (Å²) in [5.41, 5.74) is 1.63. The number of benzene rings is 2. The van der Waals surface area contributed by atoms with Gasteiger partial charge in [0.15, 0.2) is 0 Å². The van der Waals surface area contributed by atoms with Crippen molar-refractivity contribution >= 4 is 33.5 Å². The van der Waals surface area contributed by atoms with Crippen LogP contribution in [0.15, 0.2) is 58.8 Å². The van der Waals surface area contributed by atoms with E-state index in [9.17, 15) is 17.1 Å². The molecule has 0 aromatic heterocycles. The number of nitrogens with zero attached hydrogens (tertiary/aromatic N) is 2. The third-order valence-corrected chi connectivity index (χ3v) is 2.89. The van der Waals surface area contributed by atoms with Crippen LogP contribution in [0, 0.1) is 0 Å². The first-order chi connectivity index (χ1) is 10.8. The molecule has 23 heavy (non-hydrogen) atoms. The number of nitrogens with one attached hydrogen (secondary N) is 1. The number of amides is 1. The number of rotatable bonds is 5. The molecule has 9 heteroatoms. The number of carbonyl (C=O) groups is 1. The van der Waals surface area contributed by atoms with Gasteiger partial charge in [0.1, 0.15) is 5.75 Å². The Morgan fingerprint density at radius 1 is 1.00 bits per heavy atom. The van der Waals surface area contributed by atoms with Gasteiger partial charge in [-0.25, -0.2) is 0 Å². The average Bonchev–Trinajstić information content (AvgIpc) is 2.46. The molecule has 0 aliphatic carbocycles. The van der Waals surface area contributed by atoms with Crippen molar-refractivity contribution in [1.29, 1.82) is 0 Å². The summed E-state index contributed by atoms with van der Waals surface area (Å²) < 4.78 is 37.1. The van der Waals surface area contributed by atoms with Crippen LogP contribution in [0.1, 0.15) is 6.92 Å². The SMILES string of the molecule is CC(=O)Nc1ccc(/N=N/c2ccc(OS(=O)(=O)F)cc2)cc1. The van der Waals surface area contributed by atoms with Gasteiger partial charge >= 0.3 is 10.5 Å². The summed E-state index contributed by atoms with van der Waals surface area (Å²) in [4.78, 5) is 10.9. The molecule has 0 aliphatic heterocycles. The Balaban J connectivity index is 2.03. The van der Waals surface area contributed by atoms with Gasteiger partial charge in [0.05, 0.1) is 11.4 Å². The molecule has 0 saturated carbocycles. The van der Waals surface area contributed by atoms with E-state index in [0.717, 1.165) is 0 Å². The van der Waals surface area contributed by atoms with E-state index < -0.39 is 10.5 Å². The summed E-state index contributed by atoms with van der Waals surface area (Å²) in [7, 11) is -5.04. The van der Waals surface area contributed by atoms with Gasteiger partial charge in [0, 0.05) is 12.6 Å². The fourth-order valence-electron chi connectivity index (χ4n) is 1.61. The van der Waals surface area contributed by atoms with E-state index in [2.05, 4.69) is 19.7 Å². The van der Waals surface area contributed by atoms with E-state index in [4.69, 9.17) is 0 Å². The second-order valence-corrected chi connectivity index (χ2v) is 5.35.